The van der Waals surface area contributed by atoms with E-state index in [0.29, 0.717) is 11.1 Å². The number of benzene rings is 1. The van der Waals surface area contributed by atoms with Crippen molar-refractivity contribution in [2.45, 2.75) is 38.6 Å². The lowest BCUT2D eigenvalue weighted by Crippen LogP contribution is -2.42. The van der Waals surface area contributed by atoms with Crippen molar-refractivity contribution in [3.8, 4) is 0 Å². The number of aryl methyl sites for hydroxylation is 1. The standard InChI is InChI=1S/C13H18FNO2/c1-8-4-5-10(6-11(8)14)13(3,9(2)15)7-12(16)17/h4-6,9H,7,15H2,1-3H3,(H,16,17). The third-order valence-corrected chi connectivity index (χ3v) is 3.35. The first-order chi connectivity index (χ1) is 7.77. The van der Waals surface area contributed by atoms with E-state index in [1.54, 1.807) is 32.9 Å². The molecule has 0 saturated carbocycles. The summed E-state index contributed by atoms with van der Waals surface area (Å²) in [7, 11) is 0. The summed E-state index contributed by atoms with van der Waals surface area (Å²) in [5.74, 6) is -1.27. The molecule has 0 bridgehead atoms. The number of hydrogen-bond acceptors (Lipinski definition) is 2. The van der Waals surface area contributed by atoms with Crippen LogP contribution in [-0.4, -0.2) is 17.1 Å². The highest BCUT2D eigenvalue weighted by Gasteiger charge is 2.34. The van der Waals surface area contributed by atoms with E-state index in [0.717, 1.165) is 0 Å². The van der Waals surface area contributed by atoms with Gasteiger partial charge < -0.3 is 10.8 Å². The van der Waals surface area contributed by atoms with Crippen LogP contribution in [0.5, 0.6) is 0 Å². The van der Waals surface area contributed by atoms with Gasteiger partial charge in [0.15, 0.2) is 0 Å². The van der Waals surface area contributed by atoms with Crippen molar-refractivity contribution < 1.29 is 14.3 Å². The van der Waals surface area contributed by atoms with Gasteiger partial charge in [-0.3, -0.25) is 4.79 Å². The molecule has 17 heavy (non-hydrogen) atoms. The van der Waals surface area contributed by atoms with Crippen LogP contribution in [0, 0.1) is 12.7 Å². The molecule has 0 heterocycles. The second-order valence-corrected chi connectivity index (χ2v) is 4.74. The van der Waals surface area contributed by atoms with Crippen molar-refractivity contribution in [2.75, 3.05) is 0 Å². The Bertz CT molecular complexity index is 431. The fraction of sp³-hybridized carbons (Fsp3) is 0.462. The predicted molar refractivity (Wildman–Crippen MR) is 64.4 cm³/mol. The maximum atomic E-state index is 13.5. The number of carboxylic acids is 1. The second-order valence-electron chi connectivity index (χ2n) is 4.74. The van der Waals surface area contributed by atoms with E-state index in [1.807, 2.05) is 0 Å². The molecule has 0 aromatic heterocycles. The summed E-state index contributed by atoms with van der Waals surface area (Å²) in [6, 6.07) is 4.39. The van der Waals surface area contributed by atoms with Gasteiger partial charge in [0.25, 0.3) is 0 Å². The third kappa shape index (κ3) is 2.82. The molecule has 2 atom stereocenters. The van der Waals surface area contributed by atoms with Gasteiger partial charge in [0.1, 0.15) is 5.82 Å². The first-order valence-electron chi connectivity index (χ1n) is 5.51. The Morgan fingerprint density at radius 3 is 2.59 bits per heavy atom. The van der Waals surface area contributed by atoms with Gasteiger partial charge in [-0.1, -0.05) is 19.1 Å². The van der Waals surface area contributed by atoms with E-state index in [2.05, 4.69) is 0 Å². The topological polar surface area (TPSA) is 63.3 Å². The van der Waals surface area contributed by atoms with Gasteiger partial charge in [-0.2, -0.15) is 0 Å². The van der Waals surface area contributed by atoms with Crippen LogP contribution in [-0.2, 0) is 10.2 Å². The van der Waals surface area contributed by atoms with Gasteiger partial charge in [-0.05, 0) is 31.0 Å². The number of rotatable bonds is 4. The molecule has 1 aromatic rings. The van der Waals surface area contributed by atoms with Gasteiger partial charge in [0, 0.05) is 11.5 Å². The number of halogens is 1. The van der Waals surface area contributed by atoms with Gasteiger partial charge in [0.05, 0.1) is 6.42 Å². The predicted octanol–water partition coefficient (Wildman–Crippen LogP) is 2.21. The first kappa shape index (κ1) is 13.6. The summed E-state index contributed by atoms with van der Waals surface area (Å²) in [6.45, 7) is 5.15. The quantitative estimate of drug-likeness (QED) is 0.846. The lowest BCUT2D eigenvalue weighted by molar-refractivity contribution is -0.138. The maximum absolute atomic E-state index is 13.5. The second kappa shape index (κ2) is 4.84. The molecule has 0 saturated heterocycles. The molecule has 1 aromatic carbocycles. The number of hydrogen-bond donors (Lipinski definition) is 2. The summed E-state index contributed by atoms with van der Waals surface area (Å²) < 4.78 is 13.5. The third-order valence-electron chi connectivity index (χ3n) is 3.35. The SMILES string of the molecule is Cc1ccc(C(C)(CC(=O)O)C(C)N)cc1F. The number of carboxylic acid groups (broad SMARTS) is 1. The first-order valence-corrected chi connectivity index (χ1v) is 5.51. The van der Waals surface area contributed by atoms with Crippen LogP contribution < -0.4 is 5.73 Å². The van der Waals surface area contributed by atoms with Gasteiger partial charge in [-0.15, -0.1) is 0 Å². The van der Waals surface area contributed by atoms with Gasteiger partial charge in [0.2, 0.25) is 0 Å². The zero-order valence-electron chi connectivity index (χ0n) is 10.3. The molecule has 0 aliphatic carbocycles. The number of aliphatic carboxylic acids is 1. The zero-order chi connectivity index (χ0) is 13.2. The highest BCUT2D eigenvalue weighted by atomic mass is 19.1. The van der Waals surface area contributed by atoms with Crippen molar-refractivity contribution in [3.05, 3.63) is 35.1 Å². The number of nitrogens with two attached hydrogens (primary N) is 1. The maximum Gasteiger partial charge on any atom is 0.304 e. The molecule has 2 unspecified atom stereocenters. The normalized spacial score (nSPS) is 16.3. The molecule has 0 spiro atoms. The summed E-state index contributed by atoms with van der Waals surface area (Å²) in [5.41, 5.74) is 6.25. The van der Waals surface area contributed by atoms with E-state index in [-0.39, 0.29) is 18.3 Å². The van der Waals surface area contributed by atoms with E-state index >= 15 is 0 Å². The minimum atomic E-state index is -0.939. The Morgan fingerprint density at radius 1 is 1.59 bits per heavy atom. The minimum absolute atomic E-state index is 0.118. The van der Waals surface area contributed by atoms with Crippen LogP contribution in [0.15, 0.2) is 18.2 Å². The van der Waals surface area contributed by atoms with Crippen molar-refractivity contribution in [1.29, 1.82) is 0 Å². The Labute approximate surface area is 100 Å². The fourth-order valence-corrected chi connectivity index (χ4v) is 1.79. The van der Waals surface area contributed by atoms with Crippen LogP contribution in [0.3, 0.4) is 0 Å². The molecule has 94 valence electrons. The lowest BCUT2D eigenvalue weighted by atomic mass is 9.74. The van der Waals surface area contributed by atoms with Crippen molar-refractivity contribution in [1.82, 2.24) is 0 Å². The highest BCUT2D eigenvalue weighted by Crippen LogP contribution is 2.31. The Morgan fingerprint density at radius 2 is 2.18 bits per heavy atom. The van der Waals surface area contributed by atoms with Crippen molar-refractivity contribution in [2.24, 2.45) is 5.73 Å². The molecule has 1 rings (SSSR count). The summed E-state index contributed by atoms with van der Waals surface area (Å²) in [6.07, 6.45) is -0.118. The summed E-state index contributed by atoms with van der Waals surface area (Å²) in [4.78, 5) is 10.9. The van der Waals surface area contributed by atoms with Crippen molar-refractivity contribution >= 4 is 5.97 Å². The molecule has 0 amide bonds. The van der Waals surface area contributed by atoms with E-state index < -0.39 is 11.4 Å². The fourth-order valence-electron chi connectivity index (χ4n) is 1.79. The van der Waals surface area contributed by atoms with Crippen molar-refractivity contribution in [3.63, 3.8) is 0 Å². The highest BCUT2D eigenvalue weighted by molar-refractivity contribution is 5.69. The Hall–Kier alpha value is -1.42. The molecule has 3 nitrogen and oxygen atoms in total. The van der Waals surface area contributed by atoms with Crippen LogP contribution >= 0.6 is 0 Å². The lowest BCUT2D eigenvalue weighted by Gasteiger charge is -2.32. The van der Waals surface area contributed by atoms with E-state index in [9.17, 15) is 9.18 Å². The van der Waals surface area contributed by atoms with Crippen LogP contribution in [0.1, 0.15) is 31.4 Å². The number of carbonyl (C=O) groups is 1. The van der Waals surface area contributed by atoms with Crippen LogP contribution in [0.4, 0.5) is 4.39 Å². The molecular formula is C13H18FNO2. The summed E-state index contributed by atoms with van der Waals surface area (Å²) in [5, 5.41) is 8.93. The Balaban J connectivity index is 3.22. The molecule has 0 aliphatic rings. The van der Waals surface area contributed by atoms with Crippen LogP contribution in [0.25, 0.3) is 0 Å². The van der Waals surface area contributed by atoms with E-state index in [1.165, 1.54) is 6.07 Å². The summed E-state index contributed by atoms with van der Waals surface area (Å²) >= 11 is 0. The molecular weight excluding hydrogens is 221 g/mol. The largest absolute Gasteiger partial charge is 0.481 e. The van der Waals surface area contributed by atoms with Crippen LogP contribution in [0.2, 0.25) is 0 Å². The van der Waals surface area contributed by atoms with E-state index in [4.69, 9.17) is 10.8 Å². The smallest absolute Gasteiger partial charge is 0.304 e. The molecule has 0 radical (unpaired) electrons. The zero-order valence-corrected chi connectivity index (χ0v) is 10.3. The Kier molecular flexibility index (Phi) is 3.88. The van der Waals surface area contributed by atoms with Gasteiger partial charge in [-0.25, -0.2) is 4.39 Å². The molecule has 0 fully saturated rings. The van der Waals surface area contributed by atoms with Gasteiger partial charge >= 0.3 is 5.97 Å². The minimum Gasteiger partial charge on any atom is -0.481 e. The molecule has 0 aliphatic heterocycles. The molecule has 3 N–H and O–H groups in total. The molecule has 4 heteroatoms. The average molecular weight is 239 g/mol. The average Bonchev–Trinajstić information content (AvgIpc) is 2.20. The monoisotopic (exact) mass is 239 g/mol.